The Bertz CT molecular complexity index is 526. The molecule has 0 unspecified atom stereocenters. The molecule has 2 rings (SSSR count). The summed E-state index contributed by atoms with van der Waals surface area (Å²) in [6, 6.07) is 5.93. The third kappa shape index (κ3) is 1.66. The monoisotopic (exact) mass is 197 g/mol. The lowest BCUT2D eigenvalue weighted by atomic mass is 10.0. The number of rotatable bonds is 2. The van der Waals surface area contributed by atoms with Gasteiger partial charge in [0, 0.05) is 12.4 Å². The number of nitrogens with zero attached hydrogens (tertiary/aromatic N) is 3. The molecule has 74 valence electrons. The maximum atomic E-state index is 8.94. The lowest BCUT2D eigenvalue weighted by molar-refractivity contribution is 0.925. The van der Waals surface area contributed by atoms with E-state index in [2.05, 4.69) is 23.0 Å². The van der Waals surface area contributed by atoms with Crippen LogP contribution in [-0.2, 0) is 6.42 Å². The van der Waals surface area contributed by atoms with E-state index < -0.39 is 0 Å². The molecular formula is C12H11N3. The van der Waals surface area contributed by atoms with Gasteiger partial charge in [-0.15, -0.1) is 0 Å². The van der Waals surface area contributed by atoms with Gasteiger partial charge in [0.15, 0.2) is 0 Å². The Morgan fingerprint density at radius 2 is 1.93 bits per heavy atom. The molecule has 1 heterocycles. The van der Waals surface area contributed by atoms with Crippen LogP contribution in [0, 0.1) is 11.3 Å². The second-order valence-corrected chi connectivity index (χ2v) is 3.39. The third-order valence-corrected chi connectivity index (χ3v) is 2.35. The van der Waals surface area contributed by atoms with E-state index in [0.717, 1.165) is 18.4 Å². The van der Waals surface area contributed by atoms with Crippen LogP contribution in [0.25, 0.3) is 11.0 Å². The van der Waals surface area contributed by atoms with E-state index in [1.165, 1.54) is 5.56 Å². The third-order valence-electron chi connectivity index (χ3n) is 2.35. The van der Waals surface area contributed by atoms with Crippen LogP contribution in [-0.4, -0.2) is 9.97 Å². The zero-order valence-corrected chi connectivity index (χ0v) is 8.57. The van der Waals surface area contributed by atoms with Crippen molar-refractivity contribution in [3.8, 4) is 6.07 Å². The highest BCUT2D eigenvalue weighted by Crippen LogP contribution is 2.19. The molecule has 0 saturated heterocycles. The van der Waals surface area contributed by atoms with Crippen LogP contribution in [0.4, 0.5) is 0 Å². The molecule has 1 aromatic heterocycles. The normalized spacial score (nSPS) is 10.1. The molecule has 2 aromatic rings. The van der Waals surface area contributed by atoms with E-state index in [-0.39, 0.29) is 0 Å². The number of fused-ring (bicyclic) bond motifs is 1. The van der Waals surface area contributed by atoms with E-state index in [9.17, 15) is 0 Å². The van der Waals surface area contributed by atoms with Crippen molar-refractivity contribution in [2.75, 3.05) is 0 Å². The number of benzene rings is 1. The first-order valence-corrected chi connectivity index (χ1v) is 4.99. The van der Waals surface area contributed by atoms with Gasteiger partial charge in [-0.3, -0.25) is 9.97 Å². The first-order chi connectivity index (χ1) is 7.36. The predicted molar refractivity (Wildman–Crippen MR) is 58.2 cm³/mol. The van der Waals surface area contributed by atoms with Crippen molar-refractivity contribution in [2.45, 2.75) is 19.8 Å². The first-order valence-electron chi connectivity index (χ1n) is 4.99. The minimum atomic E-state index is 0.595. The van der Waals surface area contributed by atoms with Crippen molar-refractivity contribution in [1.82, 2.24) is 9.97 Å². The van der Waals surface area contributed by atoms with Crippen LogP contribution in [0.15, 0.2) is 24.5 Å². The molecule has 3 heteroatoms. The van der Waals surface area contributed by atoms with Crippen LogP contribution in [0.3, 0.4) is 0 Å². The number of aryl methyl sites for hydroxylation is 1. The zero-order valence-electron chi connectivity index (χ0n) is 8.57. The van der Waals surface area contributed by atoms with E-state index in [0.29, 0.717) is 11.1 Å². The minimum Gasteiger partial charge on any atom is -0.253 e. The molecule has 0 spiro atoms. The summed E-state index contributed by atoms with van der Waals surface area (Å²) in [6.07, 6.45) is 5.33. The first kappa shape index (κ1) is 9.60. The molecule has 0 aliphatic heterocycles. The molecular weight excluding hydrogens is 186 g/mol. The fraction of sp³-hybridized carbons (Fsp3) is 0.250. The lowest BCUT2D eigenvalue weighted by Crippen LogP contribution is -1.93. The SMILES string of the molecule is CCCc1ccc(C#N)c2nccnc12. The molecule has 0 bridgehead atoms. The Morgan fingerprint density at radius 3 is 2.60 bits per heavy atom. The molecule has 0 fully saturated rings. The van der Waals surface area contributed by atoms with E-state index >= 15 is 0 Å². The molecule has 0 N–H and O–H groups in total. The standard InChI is InChI=1S/C12H11N3/c1-2-3-9-4-5-10(8-13)12-11(9)14-6-7-15-12/h4-7H,2-3H2,1H3. The fourth-order valence-electron chi connectivity index (χ4n) is 1.67. The van der Waals surface area contributed by atoms with Gasteiger partial charge in [0.25, 0.3) is 0 Å². The van der Waals surface area contributed by atoms with Gasteiger partial charge >= 0.3 is 0 Å². The van der Waals surface area contributed by atoms with Gasteiger partial charge in [0.1, 0.15) is 11.6 Å². The highest BCUT2D eigenvalue weighted by atomic mass is 14.8. The average Bonchev–Trinajstić information content (AvgIpc) is 2.30. The largest absolute Gasteiger partial charge is 0.253 e. The summed E-state index contributed by atoms with van der Waals surface area (Å²) < 4.78 is 0. The highest BCUT2D eigenvalue weighted by molar-refractivity contribution is 5.83. The van der Waals surface area contributed by atoms with Crippen molar-refractivity contribution in [3.05, 3.63) is 35.7 Å². The van der Waals surface area contributed by atoms with Gasteiger partial charge < -0.3 is 0 Å². The van der Waals surface area contributed by atoms with Crippen LogP contribution < -0.4 is 0 Å². The van der Waals surface area contributed by atoms with E-state index in [1.807, 2.05) is 12.1 Å². The molecule has 1 aromatic carbocycles. The van der Waals surface area contributed by atoms with E-state index in [1.54, 1.807) is 12.4 Å². The van der Waals surface area contributed by atoms with Gasteiger partial charge in [-0.25, -0.2) is 0 Å². The summed E-state index contributed by atoms with van der Waals surface area (Å²) in [7, 11) is 0. The predicted octanol–water partition coefficient (Wildman–Crippen LogP) is 2.45. The van der Waals surface area contributed by atoms with Crippen molar-refractivity contribution >= 4 is 11.0 Å². The maximum Gasteiger partial charge on any atom is 0.107 e. The minimum absolute atomic E-state index is 0.595. The quantitative estimate of drug-likeness (QED) is 0.743. The average molecular weight is 197 g/mol. The summed E-state index contributed by atoms with van der Waals surface area (Å²) in [6.45, 7) is 2.13. The van der Waals surface area contributed by atoms with Gasteiger partial charge in [-0.1, -0.05) is 19.4 Å². The summed E-state index contributed by atoms with van der Waals surface area (Å²) in [4.78, 5) is 8.50. The molecule has 0 atom stereocenters. The van der Waals surface area contributed by atoms with Crippen molar-refractivity contribution in [2.24, 2.45) is 0 Å². The number of nitriles is 1. The Labute approximate surface area is 88.4 Å². The summed E-state index contributed by atoms with van der Waals surface area (Å²) >= 11 is 0. The van der Waals surface area contributed by atoms with Crippen molar-refractivity contribution < 1.29 is 0 Å². The smallest absolute Gasteiger partial charge is 0.107 e. The Kier molecular flexibility index (Phi) is 2.59. The molecule has 15 heavy (non-hydrogen) atoms. The summed E-state index contributed by atoms with van der Waals surface area (Å²) in [5, 5.41) is 8.94. The van der Waals surface area contributed by atoms with Crippen LogP contribution >= 0.6 is 0 Å². The Hall–Kier alpha value is -1.95. The van der Waals surface area contributed by atoms with Gasteiger partial charge in [0.2, 0.25) is 0 Å². The Balaban J connectivity index is 2.73. The second-order valence-electron chi connectivity index (χ2n) is 3.39. The van der Waals surface area contributed by atoms with Crippen LogP contribution in [0.5, 0.6) is 0 Å². The van der Waals surface area contributed by atoms with Gasteiger partial charge in [-0.05, 0) is 18.1 Å². The number of hydrogen-bond donors (Lipinski definition) is 0. The van der Waals surface area contributed by atoms with Gasteiger partial charge in [-0.2, -0.15) is 5.26 Å². The number of hydrogen-bond acceptors (Lipinski definition) is 3. The van der Waals surface area contributed by atoms with Crippen LogP contribution in [0.2, 0.25) is 0 Å². The summed E-state index contributed by atoms with van der Waals surface area (Å²) in [5.41, 5.74) is 3.34. The van der Waals surface area contributed by atoms with Crippen LogP contribution in [0.1, 0.15) is 24.5 Å². The molecule has 0 saturated carbocycles. The van der Waals surface area contributed by atoms with E-state index in [4.69, 9.17) is 5.26 Å². The lowest BCUT2D eigenvalue weighted by Gasteiger charge is -2.04. The molecule has 0 amide bonds. The second kappa shape index (κ2) is 4.05. The Morgan fingerprint density at radius 1 is 1.20 bits per heavy atom. The molecule has 0 aliphatic rings. The van der Waals surface area contributed by atoms with Crippen molar-refractivity contribution in [1.29, 1.82) is 5.26 Å². The topological polar surface area (TPSA) is 49.6 Å². The maximum absolute atomic E-state index is 8.94. The number of aromatic nitrogens is 2. The zero-order chi connectivity index (χ0) is 10.7. The fourth-order valence-corrected chi connectivity index (χ4v) is 1.67. The molecule has 0 aliphatic carbocycles. The molecule has 3 nitrogen and oxygen atoms in total. The van der Waals surface area contributed by atoms with Crippen molar-refractivity contribution in [3.63, 3.8) is 0 Å². The molecule has 0 radical (unpaired) electrons. The van der Waals surface area contributed by atoms with Gasteiger partial charge in [0.05, 0.1) is 11.1 Å². The highest BCUT2D eigenvalue weighted by Gasteiger charge is 2.06. The summed E-state index contributed by atoms with van der Waals surface area (Å²) in [5.74, 6) is 0.